The van der Waals surface area contributed by atoms with Gasteiger partial charge in [0.25, 0.3) is 0 Å². The smallest absolute Gasteiger partial charge is 0.303 e. The lowest BCUT2D eigenvalue weighted by Gasteiger charge is -1.86. The summed E-state index contributed by atoms with van der Waals surface area (Å²) in [5.74, 6) is -1.51. The molecule has 0 unspecified atom stereocenters. The van der Waals surface area contributed by atoms with Crippen molar-refractivity contribution < 1.29 is 16.1 Å². The maximum Gasteiger partial charge on any atom is 0.303 e. The molecule has 3 nitrogen and oxygen atoms in total. The number of carbonyl (C=O) groups excluding carboxylic acids is 1. The molecule has 0 fully saturated rings. The number of ketones is 1. The van der Waals surface area contributed by atoms with Gasteiger partial charge in [-0.05, 0) is 6.92 Å². The Balaban J connectivity index is 3.63. The van der Waals surface area contributed by atoms with Gasteiger partial charge >= 0.3 is 5.97 Å². The fourth-order valence-electron chi connectivity index (χ4n) is 0.231. The minimum atomic E-state index is -1.29. The molecule has 8 heavy (non-hydrogen) atoms. The lowest BCUT2D eigenvalue weighted by atomic mass is 10.2. The van der Waals surface area contributed by atoms with E-state index in [0.717, 1.165) is 0 Å². The highest BCUT2D eigenvalue weighted by Gasteiger charge is 1.97. The van der Waals surface area contributed by atoms with Crippen molar-refractivity contribution in [1.29, 1.82) is 0 Å². The summed E-state index contributed by atoms with van der Waals surface area (Å²) >= 11 is 0. The second-order valence-electron chi connectivity index (χ2n) is 1.45. The molecule has 3 heteroatoms. The van der Waals surface area contributed by atoms with Crippen molar-refractivity contribution in [2.75, 3.05) is 0 Å². The van der Waals surface area contributed by atoms with E-state index in [2.05, 4.69) is 0 Å². The third kappa shape index (κ3) is 5.14. The van der Waals surface area contributed by atoms with Crippen LogP contribution in [-0.2, 0) is 9.59 Å². The number of hydrogen-bond donors (Lipinski definition) is 1. The van der Waals surface area contributed by atoms with Gasteiger partial charge in [0.1, 0.15) is 5.78 Å². The minimum absolute atomic E-state index is 0.199. The Morgan fingerprint density at radius 3 is 2.38 bits per heavy atom. The van der Waals surface area contributed by atoms with E-state index >= 15 is 0 Å². The van der Waals surface area contributed by atoms with Crippen LogP contribution in [0.1, 0.15) is 21.1 Å². The van der Waals surface area contributed by atoms with Gasteiger partial charge in [0.2, 0.25) is 0 Å². The van der Waals surface area contributed by atoms with E-state index in [9.17, 15) is 9.59 Å². The highest BCUT2D eigenvalue weighted by Crippen LogP contribution is 1.87. The van der Waals surface area contributed by atoms with Gasteiger partial charge in [-0.3, -0.25) is 4.79 Å². The van der Waals surface area contributed by atoms with Crippen LogP contribution in [0.25, 0.3) is 0 Å². The van der Waals surface area contributed by atoms with Crippen LogP contribution in [0.5, 0.6) is 0 Å². The zero-order valence-electron chi connectivity index (χ0n) is 5.55. The summed E-state index contributed by atoms with van der Waals surface area (Å²) in [5.41, 5.74) is 0. The lowest BCUT2D eigenvalue weighted by molar-refractivity contribution is -0.138. The van der Waals surface area contributed by atoms with Crippen LogP contribution >= 0.6 is 0 Å². The quantitative estimate of drug-likeness (QED) is 0.583. The molecule has 0 heterocycles. The number of rotatable bonds is 3. The van der Waals surface area contributed by atoms with Gasteiger partial charge in [0.05, 0.1) is 6.40 Å². The molecule has 0 aromatic heterocycles. The van der Waals surface area contributed by atoms with Crippen molar-refractivity contribution in [2.24, 2.45) is 0 Å². The fraction of sp³-hybridized carbons (Fsp3) is 0.600. The minimum Gasteiger partial charge on any atom is -0.481 e. The molecular weight excluding hydrogens is 108 g/mol. The zero-order chi connectivity index (χ0) is 7.44. The van der Waals surface area contributed by atoms with Gasteiger partial charge < -0.3 is 9.90 Å². The number of aliphatic carboxylic acids is 1. The fourth-order valence-corrected chi connectivity index (χ4v) is 0.231. The molecule has 0 saturated carbocycles. The first-order chi connectivity index (χ1) is 4.04. The van der Waals surface area contributed by atoms with E-state index in [0.29, 0.717) is 0 Å². The van der Waals surface area contributed by atoms with Crippen molar-refractivity contribution in [3.63, 3.8) is 0 Å². The monoisotopic (exact) mass is 117 g/mol. The van der Waals surface area contributed by atoms with Crippen molar-refractivity contribution in [1.82, 2.24) is 0 Å². The van der Waals surface area contributed by atoms with Crippen molar-refractivity contribution in [3.8, 4) is 0 Å². The second-order valence-corrected chi connectivity index (χ2v) is 1.45. The molecule has 0 saturated heterocycles. The predicted molar refractivity (Wildman–Crippen MR) is 27.6 cm³/mol. The van der Waals surface area contributed by atoms with Crippen molar-refractivity contribution in [3.05, 3.63) is 0 Å². The third-order valence-corrected chi connectivity index (χ3v) is 0.564. The number of Topliss-reactive ketones (excluding diaryl/α,β-unsaturated/α-hetero) is 1. The van der Waals surface area contributed by atoms with E-state index in [-0.39, 0.29) is 12.2 Å². The number of hydrogen-bond acceptors (Lipinski definition) is 2. The molecule has 0 rings (SSSR count). The lowest BCUT2D eigenvalue weighted by Crippen LogP contribution is -1.98. The molecule has 1 N–H and O–H groups in total. The van der Waals surface area contributed by atoms with Crippen LogP contribution in [0, 0.1) is 0 Å². The van der Waals surface area contributed by atoms with Gasteiger partial charge in [-0.25, -0.2) is 0 Å². The first-order valence-corrected chi connectivity index (χ1v) is 2.18. The Hall–Kier alpha value is -0.860. The summed E-state index contributed by atoms with van der Waals surface area (Å²) in [7, 11) is 0. The molecule has 0 radical (unpaired) electrons. The molecule has 46 valence electrons. The van der Waals surface area contributed by atoms with E-state index in [1.165, 1.54) is 6.92 Å². The van der Waals surface area contributed by atoms with E-state index in [1.54, 1.807) is 0 Å². The Morgan fingerprint density at radius 2 is 2.25 bits per heavy atom. The standard InChI is InChI=1S/C5H8O3/c1-4(6)2-3-5(7)8/h2-3H2,1H3,(H,7,8)/i3D/t3-/m1/s1. The Morgan fingerprint density at radius 1 is 1.75 bits per heavy atom. The highest BCUT2D eigenvalue weighted by atomic mass is 16.4. The highest BCUT2D eigenvalue weighted by molar-refractivity contribution is 5.80. The Labute approximate surface area is 48.7 Å². The van der Waals surface area contributed by atoms with Gasteiger partial charge in [-0.1, -0.05) is 0 Å². The van der Waals surface area contributed by atoms with Crippen LogP contribution in [0.3, 0.4) is 0 Å². The molecule has 0 aliphatic heterocycles. The number of carbonyl (C=O) groups is 2. The van der Waals surface area contributed by atoms with Gasteiger partial charge in [-0.2, -0.15) is 0 Å². The molecule has 0 aromatic rings. The summed E-state index contributed by atoms with van der Waals surface area (Å²) in [5, 5.41) is 8.09. The average molecular weight is 117 g/mol. The number of carboxylic acid groups (broad SMARTS) is 1. The van der Waals surface area contributed by atoms with Gasteiger partial charge in [0.15, 0.2) is 0 Å². The third-order valence-electron chi connectivity index (χ3n) is 0.564. The van der Waals surface area contributed by atoms with Gasteiger partial charge in [0, 0.05) is 7.79 Å². The van der Waals surface area contributed by atoms with E-state index in [4.69, 9.17) is 6.48 Å². The topological polar surface area (TPSA) is 54.4 Å². The van der Waals surface area contributed by atoms with Crippen LogP contribution in [0.2, 0.25) is 0 Å². The number of carboxylic acids is 1. The molecule has 0 bridgehead atoms. The average Bonchev–Trinajstić information content (AvgIpc) is 1.63. The Kier molecular flexibility index (Phi) is 2.10. The van der Waals surface area contributed by atoms with Crippen LogP contribution in [-0.4, -0.2) is 16.9 Å². The maximum atomic E-state index is 10.2. The predicted octanol–water partition coefficient (Wildman–Crippen LogP) is 0.440. The molecule has 0 aliphatic rings. The molecule has 0 spiro atoms. The molecule has 1 atom stereocenters. The van der Waals surface area contributed by atoms with Crippen molar-refractivity contribution >= 4 is 11.8 Å². The normalized spacial score (nSPS) is 14.4. The molecule has 0 aliphatic carbocycles. The molecular formula is C5H8O3. The zero-order valence-corrected chi connectivity index (χ0v) is 4.55. The van der Waals surface area contributed by atoms with E-state index < -0.39 is 12.4 Å². The SMILES string of the molecule is [2H][C@H](CC(C)=O)C(=O)O. The summed E-state index contributed by atoms with van der Waals surface area (Å²) in [6.45, 7) is 1.27. The van der Waals surface area contributed by atoms with Crippen molar-refractivity contribution in [2.45, 2.75) is 19.7 Å². The summed E-state index contributed by atoms with van der Waals surface area (Å²) in [6.07, 6.45) is -1.49. The van der Waals surface area contributed by atoms with Gasteiger partial charge in [-0.15, -0.1) is 0 Å². The first-order valence-electron chi connectivity index (χ1n) is 2.76. The first kappa shape index (κ1) is 5.28. The van der Waals surface area contributed by atoms with Crippen LogP contribution < -0.4 is 0 Å². The summed E-state index contributed by atoms with van der Waals surface area (Å²) in [6, 6.07) is 0. The molecule has 0 amide bonds. The second kappa shape index (κ2) is 3.18. The molecule has 0 aromatic carbocycles. The van der Waals surface area contributed by atoms with E-state index in [1.807, 2.05) is 0 Å². The maximum absolute atomic E-state index is 10.2. The Bertz CT molecular complexity index is 132. The van der Waals surface area contributed by atoms with Crippen LogP contribution in [0.15, 0.2) is 0 Å². The summed E-state index contributed by atoms with van der Waals surface area (Å²) in [4.78, 5) is 20.1. The van der Waals surface area contributed by atoms with Crippen LogP contribution in [0.4, 0.5) is 0 Å². The summed E-state index contributed by atoms with van der Waals surface area (Å²) < 4.78 is 6.74. The largest absolute Gasteiger partial charge is 0.481 e.